The number of nitrogens with zero attached hydrogens (tertiary/aromatic N) is 3. The van der Waals surface area contributed by atoms with Gasteiger partial charge in [0.15, 0.2) is 0 Å². The highest BCUT2D eigenvalue weighted by Crippen LogP contribution is 2.82. The molecule has 0 spiro atoms. The molecule has 0 saturated carbocycles. The van der Waals surface area contributed by atoms with Gasteiger partial charge in [-0.25, -0.2) is 17.7 Å². The predicted octanol–water partition coefficient (Wildman–Crippen LogP) is 10.2. The van der Waals surface area contributed by atoms with Crippen LogP contribution in [0.15, 0.2) is 84.9 Å². The van der Waals surface area contributed by atoms with Crippen molar-refractivity contribution in [2.75, 3.05) is 58.1 Å². The topological polar surface area (TPSA) is 359 Å². The predicted molar refractivity (Wildman–Crippen MR) is 353 cm³/mol. The number of carbonyl (C=O) groups excluding carboxylic acids is 7. The Bertz CT molecular complexity index is 3640. The van der Waals surface area contributed by atoms with Crippen LogP contribution in [0, 0.1) is 0 Å². The van der Waals surface area contributed by atoms with E-state index in [0.717, 1.165) is 61.7 Å². The van der Waals surface area contributed by atoms with Gasteiger partial charge in [-0.2, -0.15) is 35.9 Å². The van der Waals surface area contributed by atoms with E-state index in [1.54, 1.807) is 45.0 Å². The molecule has 4 saturated heterocycles. The fourth-order valence-electron chi connectivity index (χ4n) is 9.89. The van der Waals surface area contributed by atoms with Gasteiger partial charge >= 0.3 is 40.6 Å². The number of morpholine rings is 1. The third kappa shape index (κ3) is 24.1. The number of alkyl halides is 4. The highest BCUT2D eigenvalue weighted by Gasteiger charge is 2.51. The van der Waals surface area contributed by atoms with Crippen molar-refractivity contribution in [2.24, 2.45) is 5.73 Å². The molecule has 6 aliphatic heterocycles. The van der Waals surface area contributed by atoms with E-state index < -0.39 is 85.6 Å². The van der Waals surface area contributed by atoms with Crippen molar-refractivity contribution in [3.63, 3.8) is 0 Å². The number of nitrogens with one attached hydrogen (secondary N) is 2. The lowest BCUT2D eigenvalue weighted by atomic mass is 9.97. The second-order valence-corrected chi connectivity index (χ2v) is 31.6. The van der Waals surface area contributed by atoms with Crippen molar-refractivity contribution in [1.29, 1.82) is 0 Å². The quantitative estimate of drug-likeness (QED) is 0.0301. The summed E-state index contributed by atoms with van der Waals surface area (Å²) in [5.74, 6) is -12.9. The second-order valence-electron chi connectivity index (χ2n) is 22.3. The zero-order chi connectivity index (χ0) is 70.9. The summed E-state index contributed by atoms with van der Waals surface area (Å²) in [6.07, 6.45) is 3.43. The molecule has 10 rings (SSSR count). The minimum Gasteiger partial charge on any atom is -0.477 e. The number of piperidine rings is 2. The van der Waals surface area contributed by atoms with Crippen LogP contribution in [0.1, 0.15) is 126 Å². The fourth-order valence-corrected chi connectivity index (χ4v) is 19.5. The normalized spacial score (nSPS) is 22.4. The van der Waals surface area contributed by atoms with Gasteiger partial charge in [0, 0.05) is 84.3 Å². The third-order valence-electron chi connectivity index (χ3n) is 14.6. The first-order chi connectivity index (χ1) is 44.4. The summed E-state index contributed by atoms with van der Waals surface area (Å²) < 4.78 is 138. The van der Waals surface area contributed by atoms with E-state index in [2.05, 4.69) is 22.6 Å². The Morgan fingerprint density at radius 1 is 0.646 bits per heavy atom. The zero-order valence-corrected chi connectivity index (χ0v) is 59.6. The standard InChI is InChI=1S/C23H19ClF2N2O4.C14H15N3O3.C9H21O6P3.C8H5ClF2O2.C5H11NO.CH4O3S.H3P/c24-16-5-3-15(4-6-16)23(25,26)19(29)9-2-13-1-7-17-14(11-13)12-28(22(17)32)18-8-10-20(30)27-21(18)31;15-6-8-1-2-10-9(5-8)7-17(14(10)20)11-3-4-12(18)16-13(11)19;1-4-7-16(10)13-17(11,8-5-2)15-18(12,14-16)9-6-3;9-6-3-1-5(2-4-6)8(10,11)7(12)13;1-6-2-4-7-5-3-6;1-5(2,3)4;/h1,3-7,11,18H,2,8-10,12H2,(H,27,30,31);1-2,5,11H,3-4,6-7,15H2,(H,16,18,19);4-9H2,1-3H3;1-4H,(H,12,13);2-5H2,1H3;1H3,(H,2,3,4);1H3. The molecular formula is C60H78Cl2F4N6O19P4S. The lowest BCUT2D eigenvalue weighted by Gasteiger charge is -2.33. The van der Waals surface area contributed by atoms with E-state index in [4.69, 9.17) is 56.3 Å². The number of ether oxygens (including phenoxy) is 1. The molecule has 4 fully saturated rings. The Balaban J connectivity index is 0.000000267. The van der Waals surface area contributed by atoms with Crippen LogP contribution in [0.5, 0.6) is 0 Å². The molecule has 96 heavy (non-hydrogen) atoms. The smallest absolute Gasteiger partial charge is 0.379 e. The summed E-state index contributed by atoms with van der Waals surface area (Å²) in [6.45, 7) is 10.4. The average Bonchev–Trinajstić information content (AvgIpc) is 1.21. The van der Waals surface area contributed by atoms with Gasteiger partial charge in [0.2, 0.25) is 29.4 Å². The second kappa shape index (κ2) is 36.4. The first-order valence-corrected chi connectivity index (χ1v) is 37.6. The number of carboxylic acid groups (broad SMARTS) is 1. The lowest BCUT2D eigenvalue weighted by Crippen LogP contribution is -2.52. The molecule has 6 amide bonds. The summed E-state index contributed by atoms with van der Waals surface area (Å²) in [7, 11) is -12.3. The van der Waals surface area contributed by atoms with Crippen LogP contribution in [0.25, 0.3) is 0 Å². The maximum atomic E-state index is 14.5. The number of aliphatic carboxylic acids is 1. The van der Waals surface area contributed by atoms with Crippen molar-refractivity contribution < 1.29 is 105 Å². The number of halogens is 6. The molecule has 530 valence electrons. The van der Waals surface area contributed by atoms with Gasteiger partial charge in [0.05, 0.1) is 38.0 Å². The van der Waals surface area contributed by atoms with Crippen LogP contribution in [0.2, 0.25) is 10.0 Å². The molecule has 6 heterocycles. The number of hydrogen-bond donors (Lipinski definition) is 5. The minimum absolute atomic E-state index is 0. The molecule has 0 aromatic heterocycles. The number of carboxylic acids is 1. The summed E-state index contributed by atoms with van der Waals surface area (Å²) >= 11 is 11.2. The lowest BCUT2D eigenvalue weighted by molar-refractivity contribution is -0.166. The number of imide groups is 2. The van der Waals surface area contributed by atoms with E-state index in [1.165, 1.54) is 34.1 Å². The van der Waals surface area contributed by atoms with E-state index in [0.29, 0.717) is 72.3 Å². The first-order valence-electron chi connectivity index (χ1n) is 29.8. The SMILES string of the molecule is CCCP1(=O)OP(=O)(CCC)OP(=O)(CCC)O1.CN1CCOCC1.CS(=O)(=O)O.NCc1ccc2c(c1)CN(C1CCC(=O)NC1=O)C2=O.O=C(O)C(F)(F)c1ccc(Cl)cc1.O=C1CCC(N2Cc3cc(CCC(=O)C(F)(F)c4ccc(Cl)cc4)ccc3C2=O)C(=O)N1.P. The van der Waals surface area contributed by atoms with Crippen molar-refractivity contribution in [3.8, 4) is 0 Å². The Kier molecular flexibility index (Phi) is 31.4. The number of carbonyl (C=O) groups is 8. The van der Waals surface area contributed by atoms with Gasteiger partial charge in [-0.15, -0.1) is 0 Å². The maximum Gasteiger partial charge on any atom is 0.379 e. The van der Waals surface area contributed by atoms with Gasteiger partial charge in [0.1, 0.15) is 12.1 Å². The fraction of sp³-hybridized carbons (Fsp3) is 0.467. The molecule has 3 atom stereocenters. The van der Waals surface area contributed by atoms with Crippen LogP contribution < -0.4 is 16.4 Å². The van der Waals surface area contributed by atoms with Crippen molar-refractivity contribution in [1.82, 2.24) is 25.3 Å². The van der Waals surface area contributed by atoms with Crippen LogP contribution in [0.4, 0.5) is 17.6 Å². The number of Topliss-reactive ketones (excluding diaryl/α,β-unsaturated/α-hetero) is 1. The van der Waals surface area contributed by atoms with Gasteiger partial charge < -0.3 is 30.3 Å². The van der Waals surface area contributed by atoms with E-state index in [-0.39, 0.29) is 102 Å². The third-order valence-corrected chi connectivity index (χ3v) is 24.0. The highest BCUT2D eigenvalue weighted by atomic mass is 35.5. The van der Waals surface area contributed by atoms with E-state index in [9.17, 15) is 78.0 Å². The van der Waals surface area contributed by atoms with Crippen LogP contribution in [-0.2, 0) is 108 Å². The molecule has 25 nitrogen and oxygen atoms in total. The number of hydrogen-bond acceptors (Lipinski definition) is 19. The molecule has 36 heteroatoms. The molecule has 6 N–H and O–H groups in total. The number of benzene rings is 4. The zero-order valence-electron chi connectivity index (χ0n) is 53.2. The molecule has 0 bridgehead atoms. The monoisotopic (exact) mass is 1490 g/mol. The van der Waals surface area contributed by atoms with Crippen LogP contribution >= 0.6 is 55.9 Å². The largest absolute Gasteiger partial charge is 0.477 e. The minimum atomic E-state index is -3.86. The Labute approximate surface area is 566 Å². The molecule has 0 aliphatic carbocycles. The molecule has 0 radical (unpaired) electrons. The average molecular weight is 1490 g/mol. The molecule has 4 aromatic carbocycles. The molecular weight excluding hydrogens is 1410 g/mol. The molecule has 4 aromatic rings. The van der Waals surface area contributed by atoms with Crippen LogP contribution in [0.3, 0.4) is 0 Å². The maximum absolute atomic E-state index is 14.5. The van der Waals surface area contributed by atoms with Crippen molar-refractivity contribution in [2.45, 2.75) is 122 Å². The molecule has 3 unspecified atom stereocenters. The van der Waals surface area contributed by atoms with Crippen LogP contribution in [-0.4, -0.2) is 150 Å². The number of likely N-dealkylation sites (N-methyl/N-ethyl adjacent to an activating group) is 1. The van der Waals surface area contributed by atoms with Gasteiger partial charge in [-0.3, -0.25) is 62.4 Å². The highest BCUT2D eigenvalue weighted by molar-refractivity contribution is 7.85. The van der Waals surface area contributed by atoms with E-state index in [1.807, 2.05) is 12.1 Å². The van der Waals surface area contributed by atoms with Crippen molar-refractivity contribution in [3.05, 3.63) is 139 Å². The number of rotatable bonds is 16. The summed E-state index contributed by atoms with van der Waals surface area (Å²) in [5, 5.41) is 13.3. The number of ketones is 1. The van der Waals surface area contributed by atoms with E-state index >= 15 is 0 Å². The van der Waals surface area contributed by atoms with Gasteiger partial charge in [0.25, 0.3) is 21.9 Å². The number of amides is 6. The van der Waals surface area contributed by atoms with Gasteiger partial charge in [-0.05, 0) is 104 Å². The summed E-state index contributed by atoms with van der Waals surface area (Å²) in [4.78, 5) is 99.1. The van der Waals surface area contributed by atoms with Crippen molar-refractivity contribution >= 4 is 113 Å². The first kappa shape index (κ1) is 82.8. The summed E-state index contributed by atoms with van der Waals surface area (Å²) in [5.41, 5.74) is 8.80. The number of nitrogens with two attached hydrogens (primary N) is 1. The number of fused-ring (bicyclic) bond motifs is 2. The Hall–Kier alpha value is -5.67. The molecule has 6 aliphatic rings. The Morgan fingerprint density at radius 2 is 1.01 bits per heavy atom. The van der Waals surface area contributed by atoms with Gasteiger partial charge in [-0.1, -0.05) is 92.5 Å². The number of aryl methyl sites for hydroxylation is 1. The summed E-state index contributed by atoms with van der Waals surface area (Å²) in [6, 6.07) is 18.4. The Morgan fingerprint density at radius 3 is 1.34 bits per heavy atom.